The third kappa shape index (κ3) is 5.87. The first-order valence-corrected chi connectivity index (χ1v) is 13.6. The number of nitrogens with one attached hydrogen (secondary N) is 1. The van der Waals surface area contributed by atoms with E-state index in [4.69, 9.17) is 14.0 Å². The lowest BCUT2D eigenvalue weighted by Crippen LogP contribution is -2.41. The Balaban J connectivity index is 1.36. The van der Waals surface area contributed by atoms with Crippen molar-refractivity contribution in [1.29, 1.82) is 0 Å². The van der Waals surface area contributed by atoms with Crippen molar-refractivity contribution in [3.63, 3.8) is 0 Å². The fourth-order valence-electron chi connectivity index (χ4n) is 5.23. The van der Waals surface area contributed by atoms with Crippen LogP contribution in [0, 0.1) is 0 Å². The summed E-state index contributed by atoms with van der Waals surface area (Å²) in [4.78, 5) is 24.3. The van der Waals surface area contributed by atoms with Crippen LogP contribution in [0.3, 0.4) is 0 Å². The molecule has 0 radical (unpaired) electrons. The zero-order chi connectivity index (χ0) is 30.3. The van der Waals surface area contributed by atoms with E-state index in [0.29, 0.717) is 11.8 Å². The van der Waals surface area contributed by atoms with Crippen LogP contribution in [-0.2, 0) is 20.2 Å². The molecular weight excluding hydrogens is 546 g/mol. The van der Waals surface area contributed by atoms with E-state index in [1.807, 2.05) is 76.2 Å². The molecule has 0 unspecified atom stereocenters. The number of hydrogen-bond donors (Lipinski definition) is 1. The van der Waals surface area contributed by atoms with Crippen molar-refractivity contribution in [3.8, 4) is 11.1 Å². The second-order valence-corrected chi connectivity index (χ2v) is 11.5. The van der Waals surface area contributed by atoms with Gasteiger partial charge in [-0.2, -0.15) is 13.2 Å². The summed E-state index contributed by atoms with van der Waals surface area (Å²) in [6.07, 6.45) is -3.55. The fourth-order valence-corrected chi connectivity index (χ4v) is 5.23. The van der Waals surface area contributed by atoms with Crippen molar-refractivity contribution in [2.75, 3.05) is 13.2 Å². The SMILES string of the molecule is CC1(C)OB(C(=Cc2cc(C=O)cc(C(F)(F)F)c2)CNC(=O)OCC2c3ccccc3-c3ccccc32)OC1(C)C. The normalized spacial score (nSPS) is 17.5. The number of halogens is 3. The number of aldehydes is 1. The summed E-state index contributed by atoms with van der Waals surface area (Å²) in [6, 6.07) is 19.0. The first-order chi connectivity index (χ1) is 19.8. The van der Waals surface area contributed by atoms with Crippen LogP contribution in [-0.4, -0.2) is 43.9 Å². The summed E-state index contributed by atoms with van der Waals surface area (Å²) in [5.74, 6) is -0.131. The molecule has 5 rings (SSSR count). The van der Waals surface area contributed by atoms with Gasteiger partial charge in [-0.25, -0.2) is 4.79 Å². The van der Waals surface area contributed by atoms with Crippen molar-refractivity contribution in [3.05, 3.63) is 100 Å². The Bertz CT molecular complexity index is 1490. The second-order valence-electron chi connectivity index (χ2n) is 11.5. The highest BCUT2D eigenvalue weighted by atomic mass is 19.4. The lowest BCUT2D eigenvalue weighted by molar-refractivity contribution is -0.137. The van der Waals surface area contributed by atoms with E-state index in [0.717, 1.165) is 34.4 Å². The second kappa shape index (κ2) is 11.1. The van der Waals surface area contributed by atoms with Crippen LogP contribution in [0.15, 0.2) is 72.2 Å². The number of carbonyl (C=O) groups excluding carboxylic acids is 2. The Kier molecular flexibility index (Phi) is 7.81. The van der Waals surface area contributed by atoms with Gasteiger partial charge in [0.25, 0.3) is 0 Å². The van der Waals surface area contributed by atoms with Gasteiger partial charge in [0.15, 0.2) is 0 Å². The largest absolute Gasteiger partial charge is 0.492 e. The van der Waals surface area contributed by atoms with Crippen molar-refractivity contribution in [2.45, 2.75) is 51.0 Å². The smallest absolute Gasteiger partial charge is 0.449 e. The molecule has 0 spiro atoms. The van der Waals surface area contributed by atoms with Crippen molar-refractivity contribution >= 4 is 25.6 Å². The average molecular weight is 577 g/mol. The maximum absolute atomic E-state index is 13.5. The van der Waals surface area contributed by atoms with Gasteiger partial charge < -0.3 is 19.4 Å². The van der Waals surface area contributed by atoms with E-state index >= 15 is 0 Å². The highest BCUT2D eigenvalue weighted by Crippen LogP contribution is 2.44. The quantitative estimate of drug-likeness (QED) is 0.240. The molecule has 218 valence electrons. The Labute approximate surface area is 243 Å². The van der Waals surface area contributed by atoms with Crippen LogP contribution in [0.2, 0.25) is 0 Å². The molecule has 1 aliphatic carbocycles. The number of carbonyl (C=O) groups is 2. The van der Waals surface area contributed by atoms with Crippen LogP contribution in [0.25, 0.3) is 17.2 Å². The Morgan fingerprint density at radius 3 is 2.02 bits per heavy atom. The molecule has 0 bridgehead atoms. The molecule has 0 aromatic heterocycles. The first-order valence-electron chi connectivity index (χ1n) is 13.6. The lowest BCUT2D eigenvalue weighted by Gasteiger charge is -2.32. The maximum Gasteiger partial charge on any atom is 0.492 e. The highest BCUT2D eigenvalue weighted by molar-refractivity contribution is 6.56. The number of amides is 1. The molecule has 2 aliphatic rings. The van der Waals surface area contributed by atoms with Crippen LogP contribution in [0.5, 0.6) is 0 Å². The predicted octanol–water partition coefficient (Wildman–Crippen LogP) is 7.07. The van der Waals surface area contributed by atoms with Crippen molar-refractivity contribution < 1.29 is 36.8 Å². The Morgan fingerprint density at radius 2 is 1.48 bits per heavy atom. The van der Waals surface area contributed by atoms with E-state index in [-0.39, 0.29) is 30.2 Å². The summed E-state index contributed by atoms with van der Waals surface area (Å²) in [5, 5.41) is 2.70. The highest BCUT2D eigenvalue weighted by Gasteiger charge is 2.52. The molecular formula is C32H31BF3NO5. The van der Waals surface area contributed by atoms with Gasteiger partial charge in [0.05, 0.1) is 16.8 Å². The molecule has 1 saturated heterocycles. The van der Waals surface area contributed by atoms with E-state index in [1.165, 1.54) is 12.1 Å². The molecule has 6 nitrogen and oxygen atoms in total. The number of ether oxygens (including phenoxy) is 1. The monoisotopic (exact) mass is 577 g/mol. The van der Waals surface area contributed by atoms with Gasteiger partial charge in [0, 0.05) is 18.0 Å². The van der Waals surface area contributed by atoms with Gasteiger partial charge in [-0.15, -0.1) is 0 Å². The zero-order valence-corrected chi connectivity index (χ0v) is 23.7. The fraction of sp³-hybridized carbons (Fsp3) is 0.312. The molecule has 10 heteroatoms. The maximum atomic E-state index is 13.5. The third-order valence-electron chi connectivity index (χ3n) is 8.13. The van der Waals surface area contributed by atoms with Gasteiger partial charge in [0.1, 0.15) is 12.9 Å². The number of alkyl halides is 3. The predicted molar refractivity (Wildman–Crippen MR) is 154 cm³/mol. The molecule has 1 aliphatic heterocycles. The number of alkyl carbamates (subject to hydrolysis) is 1. The van der Waals surface area contributed by atoms with Crippen LogP contribution >= 0.6 is 0 Å². The average Bonchev–Trinajstić information content (AvgIpc) is 3.37. The molecule has 1 fully saturated rings. The van der Waals surface area contributed by atoms with Gasteiger partial charge in [-0.3, -0.25) is 4.79 Å². The Hall–Kier alpha value is -3.89. The number of benzene rings is 3. The van der Waals surface area contributed by atoms with E-state index < -0.39 is 36.2 Å². The third-order valence-corrected chi connectivity index (χ3v) is 8.13. The number of hydrogen-bond acceptors (Lipinski definition) is 5. The lowest BCUT2D eigenvalue weighted by atomic mass is 9.76. The molecule has 0 atom stereocenters. The van der Waals surface area contributed by atoms with E-state index in [9.17, 15) is 22.8 Å². The standard InChI is InChI=1S/C32H31BF3NO5/c1-30(2)31(3,4)42-33(41-30)23(16-20-13-21(18-38)15-22(14-20)32(34,35)36)17-37-29(39)40-19-28-26-11-7-5-9-24(26)25-10-6-8-12-27(25)28/h5-16,18,28H,17,19H2,1-4H3,(H,37,39). The Morgan fingerprint density at radius 1 is 0.929 bits per heavy atom. The molecule has 1 heterocycles. The van der Waals surface area contributed by atoms with Crippen LogP contribution in [0.4, 0.5) is 18.0 Å². The topological polar surface area (TPSA) is 73.9 Å². The molecule has 3 aromatic carbocycles. The van der Waals surface area contributed by atoms with Gasteiger partial charge in [0.2, 0.25) is 0 Å². The summed E-state index contributed by atoms with van der Waals surface area (Å²) in [6.45, 7) is 7.36. The summed E-state index contributed by atoms with van der Waals surface area (Å²) >= 11 is 0. The van der Waals surface area contributed by atoms with Gasteiger partial charge in [-0.1, -0.05) is 54.6 Å². The van der Waals surface area contributed by atoms with E-state index in [2.05, 4.69) is 5.32 Å². The molecule has 42 heavy (non-hydrogen) atoms. The molecule has 1 N–H and O–H groups in total. The van der Waals surface area contributed by atoms with Crippen LogP contribution < -0.4 is 5.32 Å². The van der Waals surface area contributed by atoms with Crippen molar-refractivity contribution in [2.24, 2.45) is 0 Å². The minimum Gasteiger partial charge on any atom is -0.449 e. The van der Waals surface area contributed by atoms with Gasteiger partial charge >= 0.3 is 19.4 Å². The first kappa shape index (κ1) is 29.6. The minimum absolute atomic E-state index is 0.103. The van der Waals surface area contributed by atoms with Crippen LogP contribution in [0.1, 0.15) is 66.2 Å². The summed E-state index contributed by atoms with van der Waals surface area (Å²) < 4.78 is 58.4. The number of rotatable bonds is 7. The van der Waals surface area contributed by atoms with Crippen molar-refractivity contribution in [1.82, 2.24) is 5.32 Å². The minimum atomic E-state index is -4.65. The van der Waals surface area contributed by atoms with Gasteiger partial charge in [-0.05, 0) is 79.2 Å². The zero-order valence-electron chi connectivity index (χ0n) is 23.7. The molecule has 0 saturated carbocycles. The van der Waals surface area contributed by atoms with E-state index in [1.54, 1.807) is 0 Å². The molecule has 3 aromatic rings. The molecule has 1 amide bonds. The summed E-state index contributed by atoms with van der Waals surface area (Å²) in [7, 11) is -0.960. The number of fused-ring (bicyclic) bond motifs is 3. The summed E-state index contributed by atoms with van der Waals surface area (Å²) in [5.41, 5.74) is 2.26.